The molecule has 19 heavy (non-hydrogen) atoms. The third-order valence-corrected chi connectivity index (χ3v) is 3.58. The maximum atomic E-state index is 5.58. The van der Waals surface area contributed by atoms with Crippen LogP contribution in [0.1, 0.15) is 31.2 Å². The highest BCUT2D eigenvalue weighted by molar-refractivity contribution is 5.83. The molecule has 0 aliphatic carbocycles. The van der Waals surface area contributed by atoms with Crippen LogP contribution in [0.2, 0.25) is 0 Å². The van der Waals surface area contributed by atoms with Crippen molar-refractivity contribution in [2.45, 2.75) is 38.6 Å². The zero-order chi connectivity index (χ0) is 13.5. The van der Waals surface area contributed by atoms with Crippen molar-refractivity contribution in [2.75, 3.05) is 6.54 Å². The summed E-state index contributed by atoms with van der Waals surface area (Å²) in [6.45, 7) is 5.65. The minimum absolute atomic E-state index is 0.790. The Balaban J connectivity index is 2.18. The molecule has 0 unspecified atom stereocenters. The fourth-order valence-corrected chi connectivity index (χ4v) is 2.57. The molecule has 0 radical (unpaired) electrons. The average molecular weight is 256 g/mol. The van der Waals surface area contributed by atoms with Gasteiger partial charge in [0, 0.05) is 23.6 Å². The first-order valence-corrected chi connectivity index (χ1v) is 7.24. The number of hydrogen-bond acceptors (Lipinski definition) is 1. The smallest absolute Gasteiger partial charge is 0.0483 e. The van der Waals surface area contributed by atoms with E-state index in [1.165, 1.54) is 22.9 Å². The van der Waals surface area contributed by atoms with Gasteiger partial charge >= 0.3 is 0 Å². The van der Waals surface area contributed by atoms with Gasteiger partial charge in [0.25, 0.3) is 0 Å². The van der Waals surface area contributed by atoms with Crippen LogP contribution in [0, 0.1) is 0 Å². The topological polar surface area (TPSA) is 30.9 Å². The number of hydrogen-bond donors (Lipinski definition) is 1. The number of para-hydroxylation sites is 1. The van der Waals surface area contributed by atoms with E-state index in [2.05, 4.69) is 41.6 Å². The van der Waals surface area contributed by atoms with Gasteiger partial charge in [-0.2, -0.15) is 0 Å². The van der Waals surface area contributed by atoms with Gasteiger partial charge in [-0.1, -0.05) is 24.3 Å². The maximum Gasteiger partial charge on any atom is 0.0483 e. The van der Waals surface area contributed by atoms with Crippen molar-refractivity contribution >= 4 is 10.9 Å². The van der Waals surface area contributed by atoms with Gasteiger partial charge in [0.1, 0.15) is 0 Å². The number of aromatic nitrogens is 1. The van der Waals surface area contributed by atoms with Gasteiger partial charge in [-0.15, -0.1) is 6.58 Å². The van der Waals surface area contributed by atoms with Crippen molar-refractivity contribution < 1.29 is 0 Å². The van der Waals surface area contributed by atoms with Crippen LogP contribution < -0.4 is 5.73 Å². The summed E-state index contributed by atoms with van der Waals surface area (Å²) in [5.74, 6) is 0. The Kier molecular flexibility index (Phi) is 5.22. The van der Waals surface area contributed by atoms with Gasteiger partial charge in [-0.25, -0.2) is 0 Å². The summed E-state index contributed by atoms with van der Waals surface area (Å²) in [6, 6.07) is 8.70. The molecule has 2 rings (SSSR count). The summed E-state index contributed by atoms with van der Waals surface area (Å²) in [5, 5.41) is 1.40. The lowest BCUT2D eigenvalue weighted by Gasteiger charge is -2.03. The molecule has 102 valence electrons. The fraction of sp³-hybridized carbons (Fsp3) is 0.412. The molecule has 1 aromatic heterocycles. The second-order valence-corrected chi connectivity index (χ2v) is 5.04. The predicted octanol–water partition coefficient (Wildman–Crippen LogP) is 3.89. The van der Waals surface area contributed by atoms with Crippen LogP contribution >= 0.6 is 0 Å². The van der Waals surface area contributed by atoms with Gasteiger partial charge in [0.2, 0.25) is 0 Å². The van der Waals surface area contributed by atoms with E-state index in [0.29, 0.717) is 0 Å². The zero-order valence-corrected chi connectivity index (χ0v) is 11.6. The predicted molar refractivity (Wildman–Crippen MR) is 83.4 cm³/mol. The van der Waals surface area contributed by atoms with Crippen molar-refractivity contribution in [1.29, 1.82) is 0 Å². The van der Waals surface area contributed by atoms with Crippen molar-refractivity contribution in [2.24, 2.45) is 5.73 Å². The molecule has 0 saturated carbocycles. The average Bonchev–Trinajstić information content (AvgIpc) is 2.79. The van der Waals surface area contributed by atoms with E-state index in [4.69, 9.17) is 5.73 Å². The standard InChI is InChI=1S/C17H24N2/c1-2-3-8-13-19-14-15(9-6-7-12-18)16-10-4-5-11-17(16)19/h2,4-5,10-11,14H,1,3,6-9,12-13,18H2. The number of allylic oxidation sites excluding steroid dienone is 1. The highest BCUT2D eigenvalue weighted by Crippen LogP contribution is 2.23. The van der Waals surface area contributed by atoms with Crippen LogP contribution in [0.5, 0.6) is 0 Å². The van der Waals surface area contributed by atoms with E-state index in [-0.39, 0.29) is 0 Å². The van der Waals surface area contributed by atoms with Crippen molar-refractivity contribution in [3.63, 3.8) is 0 Å². The molecule has 0 bridgehead atoms. The van der Waals surface area contributed by atoms with Crippen molar-refractivity contribution in [3.05, 3.63) is 48.7 Å². The second-order valence-electron chi connectivity index (χ2n) is 5.04. The van der Waals surface area contributed by atoms with Gasteiger partial charge in [0.15, 0.2) is 0 Å². The number of rotatable bonds is 8. The molecular formula is C17H24N2. The molecule has 1 aromatic carbocycles. The number of benzene rings is 1. The molecule has 0 amide bonds. The summed E-state index contributed by atoms with van der Waals surface area (Å²) < 4.78 is 2.39. The molecule has 0 saturated heterocycles. The number of nitrogens with zero attached hydrogens (tertiary/aromatic N) is 1. The fourth-order valence-electron chi connectivity index (χ4n) is 2.57. The summed E-state index contributed by atoms with van der Waals surface area (Å²) in [4.78, 5) is 0. The van der Waals surface area contributed by atoms with Gasteiger partial charge in [-0.05, 0) is 50.3 Å². The summed E-state index contributed by atoms with van der Waals surface area (Å²) >= 11 is 0. The molecule has 2 aromatic rings. The van der Waals surface area contributed by atoms with E-state index in [1.807, 2.05) is 6.08 Å². The third-order valence-electron chi connectivity index (χ3n) is 3.58. The first-order chi connectivity index (χ1) is 9.36. The number of nitrogens with two attached hydrogens (primary N) is 1. The quantitative estimate of drug-likeness (QED) is 0.564. The van der Waals surface area contributed by atoms with E-state index in [1.54, 1.807) is 0 Å². The molecule has 2 N–H and O–H groups in total. The van der Waals surface area contributed by atoms with Crippen LogP contribution in [-0.2, 0) is 13.0 Å². The Hall–Kier alpha value is -1.54. The van der Waals surface area contributed by atoms with Crippen LogP contribution in [0.25, 0.3) is 10.9 Å². The highest BCUT2D eigenvalue weighted by atomic mass is 15.0. The zero-order valence-electron chi connectivity index (χ0n) is 11.6. The molecule has 0 spiro atoms. The molecule has 2 nitrogen and oxygen atoms in total. The van der Waals surface area contributed by atoms with E-state index >= 15 is 0 Å². The first-order valence-electron chi connectivity index (χ1n) is 7.24. The van der Waals surface area contributed by atoms with Crippen molar-refractivity contribution in [3.8, 4) is 0 Å². The Morgan fingerprint density at radius 1 is 1.16 bits per heavy atom. The molecule has 1 heterocycles. The second kappa shape index (κ2) is 7.15. The van der Waals surface area contributed by atoms with E-state index < -0.39 is 0 Å². The highest BCUT2D eigenvalue weighted by Gasteiger charge is 2.07. The van der Waals surface area contributed by atoms with Gasteiger partial charge in [0.05, 0.1) is 0 Å². The van der Waals surface area contributed by atoms with Crippen LogP contribution in [0.4, 0.5) is 0 Å². The molecule has 0 aliphatic heterocycles. The van der Waals surface area contributed by atoms with E-state index in [0.717, 1.165) is 38.8 Å². The SMILES string of the molecule is C=CCCCn1cc(CCCCN)c2ccccc21. The van der Waals surface area contributed by atoms with Gasteiger partial charge < -0.3 is 10.3 Å². The van der Waals surface area contributed by atoms with Crippen LogP contribution in [0.3, 0.4) is 0 Å². The molecule has 0 atom stereocenters. The maximum absolute atomic E-state index is 5.58. The van der Waals surface area contributed by atoms with E-state index in [9.17, 15) is 0 Å². The third kappa shape index (κ3) is 3.48. The summed E-state index contributed by atoms with van der Waals surface area (Å²) in [5.41, 5.74) is 8.39. The lowest BCUT2D eigenvalue weighted by molar-refractivity contribution is 0.666. The van der Waals surface area contributed by atoms with Crippen LogP contribution in [0.15, 0.2) is 43.1 Å². The molecule has 2 heteroatoms. The Labute approximate surface area is 115 Å². The normalized spacial score (nSPS) is 11.0. The lowest BCUT2D eigenvalue weighted by Crippen LogP contribution is -1.99. The molecule has 0 aliphatic rings. The number of aryl methyl sites for hydroxylation is 2. The molecule has 0 fully saturated rings. The first kappa shape index (κ1) is 13.9. The minimum Gasteiger partial charge on any atom is -0.347 e. The summed E-state index contributed by atoms with van der Waals surface area (Å²) in [7, 11) is 0. The minimum atomic E-state index is 0.790. The number of unbranched alkanes of at least 4 members (excludes halogenated alkanes) is 2. The Morgan fingerprint density at radius 2 is 2.00 bits per heavy atom. The monoisotopic (exact) mass is 256 g/mol. The number of fused-ring (bicyclic) bond motifs is 1. The van der Waals surface area contributed by atoms with Gasteiger partial charge in [-0.3, -0.25) is 0 Å². The van der Waals surface area contributed by atoms with Crippen molar-refractivity contribution in [1.82, 2.24) is 4.57 Å². The lowest BCUT2D eigenvalue weighted by atomic mass is 10.1. The summed E-state index contributed by atoms with van der Waals surface area (Å²) in [6.07, 6.45) is 9.97. The largest absolute Gasteiger partial charge is 0.347 e. The Bertz CT molecular complexity index is 525. The Morgan fingerprint density at radius 3 is 2.79 bits per heavy atom. The molecular weight excluding hydrogens is 232 g/mol. The van der Waals surface area contributed by atoms with Crippen LogP contribution in [-0.4, -0.2) is 11.1 Å².